The summed E-state index contributed by atoms with van der Waals surface area (Å²) in [6, 6.07) is 15.0. The highest BCUT2D eigenvalue weighted by Crippen LogP contribution is 2.28. The highest BCUT2D eigenvalue weighted by atomic mass is 14.8. The lowest BCUT2D eigenvalue weighted by atomic mass is 9.99. The molecule has 1 aromatic heterocycles. The summed E-state index contributed by atoms with van der Waals surface area (Å²) in [5.41, 5.74) is 9.67. The van der Waals surface area contributed by atoms with Crippen LogP contribution in [0.2, 0.25) is 0 Å². The number of pyridine rings is 1. The van der Waals surface area contributed by atoms with E-state index in [1.165, 1.54) is 28.1 Å². The van der Waals surface area contributed by atoms with Gasteiger partial charge in [0.15, 0.2) is 0 Å². The van der Waals surface area contributed by atoms with E-state index in [2.05, 4.69) is 56.3 Å². The lowest BCUT2D eigenvalue weighted by Gasteiger charge is -2.15. The molecule has 2 heteroatoms. The van der Waals surface area contributed by atoms with Gasteiger partial charge in [-0.05, 0) is 30.4 Å². The maximum atomic E-state index is 6.35. The van der Waals surface area contributed by atoms with Crippen LogP contribution in [0.5, 0.6) is 0 Å². The van der Waals surface area contributed by atoms with Crippen LogP contribution in [0.15, 0.2) is 42.5 Å². The van der Waals surface area contributed by atoms with Gasteiger partial charge >= 0.3 is 0 Å². The van der Waals surface area contributed by atoms with Crippen LogP contribution in [0.3, 0.4) is 0 Å². The topological polar surface area (TPSA) is 38.9 Å². The van der Waals surface area contributed by atoms with Crippen molar-refractivity contribution in [3.8, 4) is 0 Å². The average Bonchev–Trinajstić information content (AvgIpc) is 2.51. The summed E-state index contributed by atoms with van der Waals surface area (Å²) in [7, 11) is 0. The molecule has 0 amide bonds. The molecule has 0 bridgehead atoms. The van der Waals surface area contributed by atoms with Gasteiger partial charge in [-0.1, -0.05) is 56.2 Å². The van der Waals surface area contributed by atoms with Crippen molar-refractivity contribution in [2.75, 3.05) is 0 Å². The molecular formula is C19H22N2. The van der Waals surface area contributed by atoms with E-state index in [1.54, 1.807) is 0 Å². The van der Waals surface area contributed by atoms with E-state index < -0.39 is 0 Å². The van der Waals surface area contributed by atoms with Gasteiger partial charge in [0.1, 0.15) is 0 Å². The van der Waals surface area contributed by atoms with Gasteiger partial charge in [0, 0.05) is 16.8 Å². The van der Waals surface area contributed by atoms with Crippen LogP contribution in [0.1, 0.15) is 43.5 Å². The predicted octanol–water partition coefficient (Wildman–Crippen LogP) is 4.89. The summed E-state index contributed by atoms with van der Waals surface area (Å²) in [5, 5.41) is 3.63. The van der Waals surface area contributed by atoms with Crippen LogP contribution < -0.4 is 5.73 Å². The van der Waals surface area contributed by atoms with Crippen molar-refractivity contribution in [2.45, 2.75) is 39.2 Å². The number of benzene rings is 2. The molecule has 0 spiro atoms. The second-order valence-electron chi connectivity index (χ2n) is 5.80. The third-order valence-corrected chi connectivity index (χ3v) is 4.16. The number of nitrogens with two attached hydrogens (primary N) is 1. The van der Waals surface area contributed by atoms with Crippen LogP contribution in [0, 0.1) is 6.92 Å². The molecule has 108 valence electrons. The molecule has 3 aromatic rings. The van der Waals surface area contributed by atoms with E-state index in [0.717, 1.165) is 24.1 Å². The van der Waals surface area contributed by atoms with Crippen molar-refractivity contribution in [1.82, 2.24) is 4.98 Å². The predicted molar refractivity (Wildman–Crippen MR) is 90.4 cm³/mol. The monoisotopic (exact) mass is 278 g/mol. The van der Waals surface area contributed by atoms with E-state index in [4.69, 9.17) is 10.7 Å². The molecule has 1 heterocycles. The molecule has 1 unspecified atom stereocenters. The second kappa shape index (κ2) is 5.82. The Morgan fingerprint density at radius 2 is 1.86 bits per heavy atom. The lowest BCUT2D eigenvalue weighted by Crippen LogP contribution is -2.13. The molecule has 0 aliphatic rings. The van der Waals surface area contributed by atoms with E-state index in [0.29, 0.717) is 0 Å². The molecule has 0 saturated carbocycles. The Morgan fingerprint density at radius 3 is 2.67 bits per heavy atom. The Morgan fingerprint density at radius 1 is 1.10 bits per heavy atom. The molecule has 2 N–H and O–H groups in total. The molecule has 2 aromatic carbocycles. The molecule has 3 rings (SSSR count). The maximum Gasteiger partial charge on any atom is 0.0784 e. The number of aromatic nitrogens is 1. The van der Waals surface area contributed by atoms with Crippen molar-refractivity contribution < 1.29 is 0 Å². The van der Waals surface area contributed by atoms with E-state index in [1.807, 2.05) is 0 Å². The summed E-state index contributed by atoms with van der Waals surface area (Å²) in [6.45, 7) is 4.31. The van der Waals surface area contributed by atoms with Crippen LogP contribution in [0.25, 0.3) is 21.7 Å². The smallest absolute Gasteiger partial charge is 0.0784 e. The highest BCUT2D eigenvalue weighted by Gasteiger charge is 2.12. The highest BCUT2D eigenvalue weighted by molar-refractivity contribution is 6.05. The fraction of sp³-hybridized carbons (Fsp3) is 0.316. The molecule has 0 radical (unpaired) electrons. The first kappa shape index (κ1) is 14.0. The van der Waals surface area contributed by atoms with Crippen LogP contribution in [-0.4, -0.2) is 4.98 Å². The number of nitrogens with zero attached hydrogens (tertiary/aromatic N) is 1. The number of rotatable bonds is 4. The summed E-state index contributed by atoms with van der Waals surface area (Å²) >= 11 is 0. The molecule has 2 nitrogen and oxygen atoms in total. The molecule has 1 atom stereocenters. The van der Waals surface area contributed by atoms with E-state index >= 15 is 0 Å². The van der Waals surface area contributed by atoms with E-state index in [-0.39, 0.29) is 6.04 Å². The number of aryl methyl sites for hydroxylation is 1. The molecule has 0 saturated heterocycles. The minimum absolute atomic E-state index is 0.0355. The van der Waals surface area contributed by atoms with Gasteiger partial charge in [-0.15, -0.1) is 0 Å². The van der Waals surface area contributed by atoms with Gasteiger partial charge in [-0.2, -0.15) is 0 Å². The van der Waals surface area contributed by atoms with E-state index in [9.17, 15) is 0 Å². The summed E-state index contributed by atoms with van der Waals surface area (Å²) in [5.74, 6) is 0. The van der Waals surface area contributed by atoms with Crippen molar-refractivity contribution in [3.63, 3.8) is 0 Å². The first-order chi connectivity index (χ1) is 10.2. The Bertz CT molecular complexity index is 777. The second-order valence-corrected chi connectivity index (χ2v) is 5.80. The van der Waals surface area contributed by atoms with Gasteiger partial charge < -0.3 is 5.73 Å². The molecule has 0 fully saturated rings. The van der Waals surface area contributed by atoms with Crippen molar-refractivity contribution in [2.24, 2.45) is 5.73 Å². The third-order valence-electron chi connectivity index (χ3n) is 4.16. The number of hydrogen-bond donors (Lipinski definition) is 1. The average molecular weight is 278 g/mol. The Hall–Kier alpha value is -1.93. The van der Waals surface area contributed by atoms with Gasteiger partial charge in [0.05, 0.1) is 11.2 Å². The minimum Gasteiger partial charge on any atom is -0.323 e. The number of unbranched alkanes of at least 4 members (excludes halogenated alkanes) is 1. The van der Waals surface area contributed by atoms with Gasteiger partial charge in [-0.3, -0.25) is 4.98 Å². The van der Waals surface area contributed by atoms with Crippen LogP contribution >= 0.6 is 0 Å². The number of fused-ring (bicyclic) bond motifs is 3. The SMILES string of the molecule is CCCCC(N)c1nc2c(ccc3ccccc32)cc1C. The van der Waals surface area contributed by atoms with Gasteiger partial charge in [0.25, 0.3) is 0 Å². The molecule has 0 aliphatic carbocycles. The third kappa shape index (κ3) is 2.64. The Kier molecular flexibility index (Phi) is 3.89. The van der Waals surface area contributed by atoms with Crippen molar-refractivity contribution >= 4 is 21.7 Å². The maximum absolute atomic E-state index is 6.35. The summed E-state index contributed by atoms with van der Waals surface area (Å²) in [4.78, 5) is 4.93. The summed E-state index contributed by atoms with van der Waals surface area (Å²) in [6.07, 6.45) is 3.32. The van der Waals surface area contributed by atoms with Crippen molar-refractivity contribution in [1.29, 1.82) is 0 Å². The zero-order chi connectivity index (χ0) is 14.8. The fourth-order valence-electron chi connectivity index (χ4n) is 2.97. The van der Waals surface area contributed by atoms with Crippen LogP contribution in [0.4, 0.5) is 0 Å². The minimum atomic E-state index is 0.0355. The molecule has 0 aliphatic heterocycles. The molecule has 21 heavy (non-hydrogen) atoms. The Balaban J connectivity index is 2.18. The zero-order valence-corrected chi connectivity index (χ0v) is 12.8. The fourth-order valence-corrected chi connectivity index (χ4v) is 2.97. The quantitative estimate of drug-likeness (QED) is 0.690. The standard InChI is InChI=1S/C19H22N2/c1-3-4-9-17(20)18-13(2)12-15-11-10-14-7-5-6-8-16(14)19(15)21-18/h5-8,10-12,17H,3-4,9,20H2,1-2H3. The number of hydrogen-bond acceptors (Lipinski definition) is 2. The van der Waals surface area contributed by atoms with Gasteiger partial charge in [-0.25, -0.2) is 0 Å². The Labute approximate surface area is 126 Å². The largest absolute Gasteiger partial charge is 0.323 e. The lowest BCUT2D eigenvalue weighted by molar-refractivity contribution is 0.589. The first-order valence-corrected chi connectivity index (χ1v) is 7.75. The normalized spacial score (nSPS) is 12.9. The van der Waals surface area contributed by atoms with Crippen molar-refractivity contribution in [3.05, 3.63) is 53.7 Å². The zero-order valence-electron chi connectivity index (χ0n) is 12.8. The van der Waals surface area contributed by atoms with Gasteiger partial charge in [0.2, 0.25) is 0 Å². The first-order valence-electron chi connectivity index (χ1n) is 7.75. The summed E-state index contributed by atoms with van der Waals surface area (Å²) < 4.78 is 0. The van der Waals surface area contributed by atoms with Crippen LogP contribution in [-0.2, 0) is 0 Å². The molecular weight excluding hydrogens is 256 g/mol.